The summed E-state index contributed by atoms with van der Waals surface area (Å²) >= 11 is 0. The van der Waals surface area contributed by atoms with Gasteiger partial charge in [-0.05, 0) is 55.7 Å². The molecule has 0 bridgehead atoms. The number of pyridine rings is 1. The van der Waals surface area contributed by atoms with Crippen LogP contribution in [-0.4, -0.2) is 53.8 Å². The van der Waals surface area contributed by atoms with Crippen LogP contribution >= 0.6 is 0 Å². The fraction of sp³-hybridized carbons (Fsp3) is 0.400. The Balaban J connectivity index is 1.96. The number of aliphatic hydroxyl groups is 1. The van der Waals surface area contributed by atoms with Crippen LogP contribution in [0.3, 0.4) is 0 Å². The quantitative estimate of drug-likeness (QED) is 0.400. The summed E-state index contributed by atoms with van der Waals surface area (Å²) in [7, 11) is 1.61. The number of aliphatic hydroxyl groups excluding tert-OH is 1. The lowest BCUT2D eigenvalue weighted by molar-refractivity contribution is -0.119. The van der Waals surface area contributed by atoms with Gasteiger partial charge in [-0.2, -0.15) is 0 Å². The molecule has 1 aromatic heterocycles. The van der Waals surface area contributed by atoms with Crippen LogP contribution in [0.5, 0.6) is 11.5 Å². The van der Waals surface area contributed by atoms with Crippen LogP contribution < -0.4 is 9.47 Å². The summed E-state index contributed by atoms with van der Waals surface area (Å²) in [5, 5.41) is 9.43. The van der Waals surface area contributed by atoms with Gasteiger partial charge in [0.1, 0.15) is 6.29 Å². The van der Waals surface area contributed by atoms with Crippen LogP contribution in [0, 0.1) is 0 Å². The predicted molar refractivity (Wildman–Crippen MR) is 100 cm³/mol. The predicted octanol–water partition coefficient (Wildman–Crippen LogP) is 2.76. The van der Waals surface area contributed by atoms with Crippen molar-refractivity contribution in [2.24, 2.45) is 0 Å². The lowest BCUT2D eigenvalue weighted by Crippen LogP contribution is -2.46. The molecule has 26 heavy (non-hydrogen) atoms. The maximum Gasteiger partial charge on any atom is 0.161 e. The third-order valence-electron chi connectivity index (χ3n) is 4.28. The number of hydrogen-bond donors (Lipinski definition) is 1. The number of aldehydes is 1. The first-order chi connectivity index (χ1) is 12.5. The highest BCUT2D eigenvalue weighted by Gasteiger charge is 2.24. The molecular formula is C20H26N2O4. The van der Waals surface area contributed by atoms with Crippen LogP contribution in [0.15, 0.2) is 42.7 Å². The summed E-state index contributed by atoms with van der Waals surface area (Å²) in [6.07, 6.45) is 5.01. The first-order valence-electron chi connectivity index (χ1n) is 8.55. The minimum atomic E-state index is -0.696. The lowest BCUT2D eigenvalue weighted by Gasteiger charge is -2.32. The van der Waals surface area contributed by atoms with Gasteiger partial charge in [0, 0.05) is 18.9 Å². The molecule has 1 N–H and O–H groups in total. The standard InChI is InChI=1S/C20H26N2O4/c1-20(2,14-23)22(15-24)11-4-12-26-18-6-5-17(13-19(18)25-3)16-7-9-21-10-8-16/h5-10,13-14,24H,4,11-12,15H2,1-3H3. The summed E-state index contributed by atoms with van der Waals surface area (Å²) in [4.78, 5) is 16.8. The number of methoxy groups -OCH3 is 1. The molecule has 0 spiro atoms. The van der Waals surface area contributed by atoms with E-state index >= 15 is 0 Å². The summed E-state index contributed by atoms with van der Waals surface area (Å²) in [6, 6.07) is 9.66. The highest BCUT2D eigenvalue weighted by atomic mass is 16.5. The van der Waals surface area contributed by atoms with Gasteiger partial charge >= 0.3 is 0 Å². The normalized spacial score (nSPS) is 11.4. The molecule has 0 radical (unpaired) electrons. The SMILES string of the molecule is COc1cc(-c2ccncc2)ccc1OCCCN(CO)C(C)(C)C=O. The van der Waals surface area contributed by atoms with E-state index in [1.807, 2.05) is 30.3 Å². The van der Waals surface area contributed by atoms with Crippen LogP contribution in [0.2, 0.25) is 0 Å². The minimum absolute atomic E-state index is 0.171. The summed E-state index contributed by atoms with van der Waals surface area (Å²) in [5.41, 5.74) is 1.38. The van der Waals surface area contributed by atoms with E-state index in [1.54, 1.807) is 38.3 Å². The Labute approximate surface area is 154 Å². The van der Waals surface area contributed by atoms with E-state index in [0.717, 1.165) is 17.4 Å². The van der Waals surface area contributed by atoms with Crippen molar-refractivity contribution < 1.29 is 19.4 Å². The molecule has 6 nitrogen and oxygen atoms in total. The van der Waals surface area contributed by atoms with E-state index in [4.69, 9.17) is 9.47 Å². The molecule has 0 saturated carbocycles. The first-order valence-corrected chi connectivity index (χ1v) is 8.55. The number of ether oxygens (including phenoxy) is 2. The molecule has 6 heteroatoms. The van der Waals surface area contributed by atoms with Crippen LogP contribution in [0.4, 0.5) is 0 Å². The summed E-state index contributed by atoms with van der Waals surface area (Å²) in [5.74, 6) is 1.32. The maximum atomic E-state index is 11.1. The molecule has 0 unspecified atom stereocenters. The molecule has 2 rings (SSSR count). The molecule has 0 amide bonds. The second-order valence-corrected chi connectivity index (χ2v) is 6.48. The molecule has 0 atom stereocenters. The monoisotopic (exact) mass is 358 g/mol. The molecular weight excluding hydrogens is 332 g/mol. The minimum Gasteiger partial charge on any atom is -0.493 e. The second kappa shape index (κ2) is 9.31. The maximum absolute atomic E-state index is 11.1. The van der Waals surface area contributed by atoms with Gasteiger partial charge in [-0.3, -0.25) is 9.88 Å². The largest absolute Gasteiger partial charge is 0.493 e. The second-order valence-electron chi connectivity index (χ2n) is 6.48. The van der Waals surface area contributed by atoms with Crippen molar-refractivity contribution in [3.63, 3.8) is 0 Å². The van der Waals surface area contributed by atoms with Gasteiger partial charge in [0.05, 0.1) is 26.0 Å². The van der Waals surface area contributed by atoms with E-state index in [9.17, 15) is 9.90 Å². The zero-order valence-corrected chi connectivity index (χ0v) is 15.5. The lowest BCUT2D eigenvalue weighted by atomic mass is 10.1. The first kappa shape index (κ1) is 19.9. The number of nitrogens with zero attached hydrogens (tertiary/aromatic N) is 2. The highest BCUT2D eigenvalue weighted by molar-refractivity contribution is 5.66. The van der Waals surface area contributed by atoms with Gasteiger partial charge in [-0.25, -0.2) is 0 Å². The number of carbonyl (C=O) groups excluding carboxylic acids is 1. The zero-order chi connectivity index (χ0) is 19.0. The van der Waals surface area contributed by atoms with Crippen molar-refractivity contribution in [2.45, 2.75) is 25.8 Å². The molecule has 0 aliphatic rings. The molecule has 0 aliphatic heterocycles. The third-order valence-corrected chi connectivity index (χ3v) is 4.28. The average molecular weight is 358 g/mol. The number of benzene rings is 1. The Hall–Kier alpha value is -2.44. The zero-order valence-electron chi connectivity index (χ0n) is 15.5. The highest BCUT2D eigenvalue weighted by Crippen LogP contribution is 2.32. The van der Waals surface area contributed by atoms with Gasteiger partial charge in [0.25, 0.3) is 0 Å². The Morgan fingerprint density at radius 2 is 1.88 bits per heavy atom. The van der Waals surface area contributed by atoms with E-state index in [2.05, 4.69) is 4.98 Å². The van der Waals surface area contributed by atoms with Crippen molar-refractivity contribution in [3.05, 3.63) is 42.7 Å². The molecule has 140 valence electrons. The third kappa shape index (κ3) is 5.03. The average Bonchev–Trinajstić information content (AvgIpc) is 2.68. The van der Waals surface area contributed by atoms with Gasteiger partial charge < -0.3 is 19.4 Å². The van der Waals surface area contributed by atoms with E-state index < -0.39 is 5.54 Å². The Kier molecular flexibility index (Phi) is 7.12. The van der Waals surface area contributed by atoms with Crippen molar-refractivity contribution in [1.82, 2.24) is 9.88 Å². The van der Waals surface area contributed by atoms with Crippen LogP contribution in [0.1, 0.15) is 20.3 Å². The molecule has 1 aromatic carbocycles. The number of aromatic nitrogens is 1. The smallest absolute Gasteiger partial charge is 0.161 e. The van der Waals surface area contributed by atoms with Crippen molar-refractivity contribution in [2.75, 3.05) is 27.0 Å². The number of rotatable bonds is 10. The number of carbonyl (C=O) groups is 1. The Morgan fingerprint density at radius 1 is 1.15 bits per heavy atom. The Morgan fingerprint density at radius 3 is 2.50 bits per heavy atom. The fourth-order valence-electron chi connectivity index (χ4n) is 2.56. The van der Waals surface area contributed by atoms with Gasteiger partial charge in [-0.1, -0.05) is 6.07 Å². The van der Waals surface area contributed by atoms with Crippen molar-refractivity contribution >= 4 is 6.29 Å². The van der Waals surface area contributed by atoms with E-state index in [0.29, 0.717) is 31.1 Å². The Bertz CT molecular complexity index is 704. The topological polar surface area (TPSA) is 71.9 Å². The fourth-order valence-corrected chi connectivity index (χ4v) is 2.56. The summed E-state index contributed by atoms with van der Waals surface area (Å²) in [6.45, 7) is 4.39. The molecule has 0 aliphatic carbocycles. The van der Waals surface area contributed by atoms with E-state index in [1.165, 1.54) is 0 Å². The van der Waals surface area contributed by atoms with Crippen molar-refractivity contribution in [1.29, 1.82) is 0 Å². The number of hydrogen-bond acceptors (Lipinski definition) is 6. The molecule has 2 aromatic rings. The van der Waals surface area contributed by atoms with Crippen LogP contribution in [-0.2, 0) is 4.79 Å². The molecule has 0 fully saturated rings. The van der Waals surface area contributed by atoms with E-state index in [-0.39, 0.29) is 6.73 Å². The molecule has 1 heterocycles. The summed E-state index contributed by atoms with van der Waals surface area (Å²) < 4.78 is 11.3. The van der Waals surface area contributed by atoms with Gasteiger partial charge in [0.15, 0.2) is 11.5 Å². The van der Waals surface area contributed by atoms with Gasteiger partial charge in [0.2, 0.25) is 0 Å². The van der Waals surface area contributed by atoms with Crippen LogP contribution in [0.25, 0.3) is 11.1 Å². The van der Waals surface area contributed by atoms with Gasteiger partial charge in [-0.15, -0.1) is 0 Å². The van der Waals surface area contributed by atoms with Crippen molar-refractivity contribution in [3.8, 4) is 22.6 Å². The molecule has 0 saturated heterocycles.